The van der Waals surface area contributed by atoms with Gasteiger partial charge in [-0.15, -0.1) is 5.10 Å². The van der Waals surface area contributed by atoms with Gasteiger partial charge in [-0.25, -0.2) is 13.1 Å². The smallest absolute Gasteiger partial charge is 0.322 e. The van der Waals surface area contributed by atoms with Gasteiger partial charge in [0.1, 0.15) is 12.4 Å². The van der Waals surface area contributed by atoms with Crippen LogP contribution in [-0.2, 0) is 14.8 Å². The third kappa shape index (κ3) is 2.46. The number of rotatable bonds is 4. The Balaban J connectivity index is 1.99. The standard InChI is InChI=1S/C12H13N5O4S/c18-12(19)11-5-2-6-17(11)22(20,21)10-4-1-3-9(7-10)16-8-13-14-15-16/h1,3-4,7-8,11H,2,5-6H2,(H,18,19)/t11-/m0/s1. The second kappa shape index (κ2) is 5.46. The molecule has 10 heteroatoms. The van der Waals surface area contributed by atoms with E-state index in [4.69, 9.17) is 5.11 Å². The third-order valence-electron chi connectivity index (χ3n) is 3.53. The normalized spacial score (nSPS) is 19.4. The Bertz CT molecular complexity index is 790. The van der Waals surface area contributed by atoms with Crippen LogP contribution in [0.25, 0.3) is 5.69 Å². The first-order chi connectivity index (χ1) is 10.5. The van der Waals surface area contributed by atoms with Crippen molar-refractivity contribution in [3.05, 3.63) is 30.6 Å². The maximum atomic E-state index is 12.7. The molecule has 116 valence electrons. The number of tetrazole rings is 1. The Kier molecular flexibility index (Phi) is 3.62. The van der Waals surface area contributed by atoms with Gasteiger partial charge < -0.3 is 5.11 Å². The van der Waals surface area contributed by atoms with Gasteiger partial charge in [0.15, 0.2) is 0 Å². The number of sulfonamides is 1. The van der Waals surface area contributed by atoms with Gasteiger partial charge in [0.2, 0.25) is 10.0 Å². The van der Waals surface area contributed by atoms with Gasteiger partial charge in [0.25, 0.3) is 0 Å². The highest BCUT2D eigenvalue weighted by atomic mass is 32.2. The Morgan fingerprint density at radius 2 is 2.18 bits per heavy atom. The average Bonchev–Trinajstić information content (AvgIpc) is 3.19. The number of carboxylic acids is 1. The van der Waals surface area contributed by atoms with Crippen LogP contribution in [0.2, 0.25) is 0 Å². The average molecular weight is 323 g/mol. The Morgan fingerprint density at radius 1 is 1.36 bits per heavy atom. The van der Waals surface area contributed by atoms with Crippen molar-refractivity contribution in [3.8, 4) is 5.69 Å². The van der Waals surface area contributed by atoms with Gasteiger partial charge in [0, 0.05) is 6.54 Å². The lowest BCUT2D eigenvalue weighted by atomic mass is 10.2. The zero-order valence-electron chi connectivity index (χ0n) is 11.4. The molecule has 1 atom stereocenters. The molecule has 0 spiro atoms. The van der Waals surface area contributed by atoms with Crippen LogP contribution in [0.3, 0.4) is 0 Å². The lowest BCUT2D eigenvalue weighted by Crippen LogP contribution is -2.40. The largest absolute Gasteiger partial charge is 0.480 e. The third-order valence-corrected chi connectivity index (χ3v) is 5.43. The number of nitrogens with zero attached hydrogens (tertiary/aromatic N) is 5. The lowest BCUT2D eigenvalue weighted by molar-refractivity contribution is -0.140. The van der Waals surface area contributed by atoms with Crippen molar-refractivity contribution in [2.75, 3.05) is 6.54 Å². The summed E-state index contributed by atoms with van der Waals surface area (Å²) >= 11 is 0. The van der Waals surface area contributed by atoms with E-state index < -0.39 is 22.0 Å². The van der Waals surface area contributed by atoms with Crippen molar-refractivity contribution < 1.29 is 18.3 Å². The number of carboxylic acid groups (broad SMARTS) is 1. The number of hydrogen-bond acceptors (Lipinski definition) is 6. The fourth-order valence-electron chi connectivity index (χ4n) is 2.48. The van der Waals surface area contributed by atoms with Crippen LogP contribution in [0.5, 0.6) is 0 Å². The molecule has 1 N–H and O–H groups in total. The summed E-state index contributed by atoms with van der Waals surface area (Å²) < 4.78 is 27.7. The first kappa shape index (κ1) is 14.6. The molecule has 1 aliphatic rings. The molecule has 0 radical (unpaired) electrons. The van der Waals surface area contributed by atoms with Crippen molar-refractivity contribution in [1.82, 2.24) is 24.5 Å². The van der Waals surface area contributed by atoms with E-state index in [0.29, 0.717) is 18.5 Å². The molecule has 1 aliphatic heterocycles. The predicted octanol–water partition coefficient (Wildman–Crippen LogP) is -0.100. The van der Waals surface area contributed by atoms with Gasteiger partial charge in [-0.05, 0) is 41.5 Å². The van der Waals surface area contributed by atoms with E-state index in [-0.39, 0.29) is 11.4 Å². The number of aromatic nitrogens is 4. The van der Waals surface area contributed by atoms with Crippen molar-refractivity contribution in [2.24, 2.45) is 0 Å². The molecule has 2 heterocycles. The zero-order chi connectivity index (χ0) is 15.7. The van der Waals surface area contributed by atoms with Crippen LogP contribution < -0.4 is 0 Å². The van der Waals surface area contributed by atoms with Crippen molar-refractivity contribution >= 4 is 16.0 Å². The van der Waals surface area contributed by atoms with Crippen LogP contribution in [-0.4, -0.2) is 56.6 Å². The van der Waals surface area contributed by atoms with E-state index in [1.54, 1.807) is 12.1 Å². The highest BCUT2D eigenvalue weighted by molar-refractivity contribution is 7.89. The van der Waals surface area contributed by atoms with Crippen molar-refractivity contribution in [1.29, 1.82) is 0 Å². The summed E-state index contributed by atoms with van der Waals surface area (Å²) in [5.74, 6) is -1.13. The van der Waals surface area contributed by atoms with Crippen LogP contribution in [0, 0.1) is 0 Å². The van der Waals surface area contributed by atoms with Crippen LogP contribution in [0.1, 0.15) is 12.8 Å². The zero-order valence-corrected chi connectivity index (χ0v) is 12.2. The molecule has 0 unspecified atom stereocenters. The monoisotopic (exact) mass is 323 g/mol. The van der Waals surface area contributed by atoms with Crippen LogP contribution in [0.4, 0.5) is 0 Å². The molecule has 2 aromatic rings. The number of carbonyl (C=O) groups is 1. The molecule has 1 aromatic heterocycles. The quantitative estimate of drug-likeness (QED) is 0.834. The molecule has 22 heavy (non-hydrogen) atoms. The van der Waals surface area contributed by atoms with Gasteiger partial charge in [-0.2, -0.15) is 4.31 Å². The fraction of sp³-hybridized carbons (Fsp3) is 0.333. The van der Waals surface area contributed by atoms with E-state index in [9.17, 15) is 13.2 Å². The van der Waals surface area contributed by atoms with E-state index in [1.807, 2.05) is 0 Å². The van der Waals surface area contributed by atoms with Gasteiger partial charge in [-0.1, -0.05) is 6.07 Å². The highest BCUT2D eigenvalue weighted by Crippen LogP contribution is 2.27. The summed E-state index contributed by atoms with van der Waals surface area (Å²) in [6, 6.07) is 5.06. The highest BCUT2D eigenvalue weighted by Gasteiger charge is 2.39. The summed E-state index contributed by atoms with van der Waals surface area (Å²) in [7, 11) is -3.88. The first-order valence-electron chi connectivity index (χ1n) is 6.58. The van der Waals surface area contributed by atoms with Gasteiger partial charge >= 0.3 is 5.97 Å². The molecule has 0 bridgehead atoms. The predicted molar refractivity (Wildman–Crippen MR) is 73.7 cm³/mol. The second-order valence-corrected chi connectivity index (χ2v) is 6.75. The summed E-state index contributed by atoms with van der Waals surface area (Å²) in [4.78, 5) is 11.2. The fourth-order valence-corrected chi connectivity index (χ4v) is 4.17. The number of benzene rings is 1. The van der Waals surface area contributed by atoms with E-state index in [0.717, 1.165) is 4.31 Å². The Hall–Kier alpha value is -2.33. The molecular formula is C12H13N5O4S. The topological polar surface area (TPSA) is 118 Å². The summed E-state index contributed by atoms with van der Waals surface area (Å²) in [5.41, 5.74) is 0.483. The SMILES string of the molecule is O=C(O)[C@@H]1CCCN1S(=O)(=O)c1cccc(-n2cnnn2)c1. The second-order valence-electron chi connectivity index (χ2n) is 4.86. The molecule has 1 saturated heterocycles. The van der Waals surface area contributed by atoms with Crippen LogP contribution >= 0.6 is 0 Å². The minimum absolute atomic E-state index is 0.0219. The Labute approximate surface area is 126 Å². The summed E-state index contributed by atoms with van der Waals surface area (Å²) in [6.45, 7) is 0.203. The van der Waals surface area contributed by atoms with Crippen LogP contribution in [0.15, 0.2) is 35.5 Å². The minimum Gasteiger partial charge on any atom is -0.480 e. The molecule has 0 saturated carbocycles. The molecule has 0 aliphatic carbocycles. The van der Waals surface area contributed by atoms with E-state index in [2.05, 4.69) is 15.5 Å². The van der Waals surface area contributed by atoms with E-state index in [1.165, 1.54) is 23.1 Å². The maximum Gasteiger partial charge on any atom is 0.322 e. The van der Waals surface area contributed by atoms with Crippen molar-refractivity contribution in [2.45, 2.75) is 23.8 Å². The maximum absolute atomic E-state index is 12.7. The molecule has 1 fully saturated rings. The number of aliphatic carboxylic acids is 1. The molecule has 9 nitrogen and oxygen atoms in total. The molecular weight excluding hydrogens is 310 g/mol. The number of hydrogen-bond donors (Lipinski definition) is 1. The summed E-state index contributed by atoms with van der Waals surface area (Å²) in [5, 5.41) is 19.9. The van der Waals surface area contributed by atoms with Gasteiger partial charge in [0.05, 0.1) is 10.6 Å². The van der Waals surface area contributed by atoms with E-state index >= 15 is 0 Å². The Morgan fingerprint density at radius 3 is 2.86 bits per heavy atom. The van der Waals surface area contributed by atoms with Crippen molar-refractivity contribution in [3.63, 3.8) is 0 Å². The molecule has 3 rings (SSSR count). The first-order valence-corrected chi connectivity index (χ1v) is 8.02. The lowest BCUT2D eigenvalue weighted by Gasteiger charge is -2.21. The molecule has 1 aromatic carbocycles. The minimum atomic E-state index is -3.88. The summed E-state index contributed by atoms with van der Waals surface area (Å²) in [6.07, 6.45) is 2.20. The molecule has 0 amide bonds. The van der Waals surface area contributed by atoms with Gasteiger partial charge in [-0.3, -0.25) is 4.79 Å².